The monoisotopic (exact) mass is 420 g/mol. The van der Waals surface area contributed by atoms with Crippen LogP contribution < -0.4 is 11.1 Å². The van der Waals surface area contributed by atoms with Gasteiger partial charge in [0.1, 0.15) is 24.9 Å². The Kier molecular flexibility index (Phi) is 6.45. The predicted octanol–water partition coefficient (Wildman–Crippen LogP) is 5.37. The van der Waals surface area contributed by atoms with Gasteiger partial charge in [-0.05, 0) is 35.9 Å². The molecule has 0 fully saturated rings. The average molecular weight is 422 g/mol. The Hall–Kier alpha value is 0.0200. The molecule has 122 valence electrons. The third kappa shape index (κ3) is 3.57. The predicted molar refractivity (Wildman–Crippen MR) is 95.8 cm³/mol. The van der Waals surface area contributed by atoms with Crippen LogP contribution in [0.1, 0.15) is 38.8 Å². The minimum atomic E-state index is -0.517. The summed E-state index contributed by atoms with van der Waals surface area (Å²) in [4.78, 5) is 24.4. The van der Waals surface area contributed by atoms with Gasteiger partial charge in [-0.25, -0.2) is 7.91 Å². The lowest BCUT2D eigenvalue weighted by Crippen LogP contribution is -2.29. The molecule has 2 heterocycles. The van der Waals surface area contributed by atoms with Crippen LogP contribution in [-0.4, -0.2) is 7.91 Å². The first kappa shape index (κ1) is 18.4. The summed E-state index contributed by atoms with van der Waals surface area (Å²) >= 11 is 25.7. The lowest BCUT2D eigenvalue weighted by atomic mass is 10.2. The van der Waals surface area contributed by atoms with Gasteiger partial charge in [-0.2, -0.15) is 0 Å². The molecule has 2 aromatic rings. The van der Waals surface area contributed by atoms with E-state index in [-0.39, 0.29) is 18.7 Å². The van der Waals surface area contributed by atoms with Gasteiger partial charge < -0.3 is 0 Å². The highest BCUT2D eigenvalue weighted by atomic mass is 35.5. The Labute approximate surface area is 155 Å². The Morgan fingerprint density at radius 1 is 0.909 bits per heavy atom. The zero-order valence-corrected chi connectivity index (χ0v) is 16.1. The highest BCUT2D eigenvalue weighted by Crippen LogP contribution is 2.32. The van der Waals surface area contributed by atoms with Crippen LogP contribution in [0.3, 0.4) is 0 Å². The first-order chi connectivity index (χ1) is 10.4. The molecule has 0 atom stereocenters. The molecule has 2 aromatic heterocycles. The molecule has 0 amide bonds. The fourth-order valence-corrected chi connectivity index (χ4v) is 4.82. The minimum absolute atomic E-state index is 0.0334. The number of rotatable bonds is 6. The molecule has 2 rings (SSSR count). The maximum atomic E-state index is 12.2. The largest absolute Gasteiger partial charge is 0.282 e. The number of halogens is 4. The molecular formula is C12H12Cl4N2O2S2. The summed E-state index contributed by atoms with van der Waals surface area (Å²) in [5, 5.41) is -0.0667. The van der Waals surface area contributed by atoms with E-state index >= 15 is 0 Å². The molecule has 0 unspecified atom stereocenters. The van der Waals surface area contributed by atoms with Crippen molar-refractivity contribution in [1.82, 2.24) is 7.91 Å². The SMILES string of the molecule is CCCCCC(n1sc(Cl)c(Cl)c1=O)n1sc(Cl)c(Cl)c1=O. The first-order valence-corrected chi connectivity index (χ1v) is 9.58. The van der Waals surface area contributed by atoms with Crippen LogP contribution in [-0.2, 0) is 0 Å². The summed E-state index contributed by atoms with van der Waals surface area (Å²) < 4.78 is 3.22. The molecule has 0 spiro atoms. The Bertz CT molecular complexity index is 717. The van der Waals surface area contributed by atoms with Crippen molar-refractivity contribution >= 4 is 69.5 Å². The maximum Gasteiger partial charge on any atom is 0.282 e. The molecule has 4 nitrogen and oxygen atoms in total. The van der Waals surface area contributed by atoms with Gasteiger partial charge in [-0.3, -0.25) is 9.59 Å². The lowest BCUT2D eigenvalue weighted by molar-refractivity contribution is 0.417. The second-order valence-corrected chi connectivity index (χ2v) is 8.52. The molecule has 0 aliphatic rings. The standard InChI is InChI=1S/C12H12Cl4N2O2S2/c1-2-3-4-5-6(17-11(19)7(13)9(15)21-17)18-12(20)8(14)10(16)22-18/h6H,2-5H2,1H3. The van der Waals surface area contributed by atoms with Crippen molar-refractivity contribution in [3.8, 4) is 0 Å². The molecular weight excluding hydrogens is 410 g/mol. The van der Waals surface area contributed by atoms with Gasteiger partial charge in [-0.15, -0.1) is 0 Å². The van der Waals surface area contributed by atoms with Gasteiger partial charge in [-0.1, -0.05) is 66.2 Å². The molecule has 0 saturated heterocycles. The fraction of sp³-hybridized carbons (Fsp3) is 0.500. The second kappa shape index (κ2) is 7.73. The maximum absolute atomic E-state index is 12.2. The Morgan fingerprint density at radius 2 is 1.36 bits per heavy atom. The van der Waals surface area contributed by atoms with Crippen LogP contribution in [0.2, 0.25) is 18.7 Å². The number of unbranched alkanes of at least 4 members (excludes halogenated alkanes) is 2. The van der Waals surface area contributed by atoms with Gasteiger partial charge in [0.2, 0.25) is 0 Å². The van der Waals surface area contributed by atoms with Crippen LogP contribution >= 0.6 is 69.5 Å². The van der Waals surface area contributed by atoms with Crippen LogP contribution in [0.4, 0.5) is 0 Å². The molecule has 0 aromatic carbocycles. The van der Waals surface area contributed by atoms with Gasteiger partial charge in [0.25, 0.3) is 11.1 Å². The van der Waals surface area contributed by atoms with Gasteiger partial charge in [0.05, 0.1) is 0 Å². The molecule has 0 saturated carbocycles. The van der Waals surface area contributed by atoms with E-state index in [0.29, 0.717) is 6.42 Å². The topological polar surface area (TPSA) is 44.0 Å². The van der Waals surface area contributed by atoms with Crippen LogP contribution in [0.25, 0.3) is 0 Å². The van der Waals surface area contributed by atoms with Crippen molar-refractivity contribution in [3.63, 3.8) is 0 Å². The summed E-state index contributed by atoms with van der Waals surface area (Å²) in [5.41, 5.74) is -0.823. The molecule has 0 aliphatic carbocycles. The Morgan fingerprint density at radius 3 is 1.68 bits per heavy atom. The zero-order valence-electron chi connectivity index (χ0n) is 11.4. The van der Waals surface area contributed by atoms with E-state index in [2.05, 4.69) is 6.92 Å². The summed E-state index contributed by atoms with van der Waals surface area (Å²) in [6, 6.07) is 0. The van der Waals surface area contributed by atoms with Gasteiger partial charge >= 0.3 is 0 Å². The van der Waals surface area contributed by atoms with Crippen LogP contribution in [0, 0.1) is 0 Å². The van der Waals surface area contributed by atoms with E-state index in [1.54, 1.807) is 0 Å². The molecule has 0 N–H and O–H groups in total. The third-order valence-corrected chi connectivity index (χ3v) is 6.94. The minimum Gasteiger partial charge on any atom is -0.267 e. The van der Waals surface area contributed by atoms with Crippen molar-refractivity contribution in [3.05, 3.63) is 39.4 Å². The summed E-state index contributed by atoms with van der Waals surface area (Å²) in [6.45, 7) is 2.07. The highest BCUT2D eigenvalue weighted by molar-refractivity contribution is 7.12. The summed E-state index contributed by atoms with van der Waals surface area (Å²) in [7, 11) is 0. The summed E-state index contributed by atoms with van der Waals surface area (Å²) in [6.07, 6.45) is 2.93. The van der Waals surface area contributed by atoms with Crippen LogP contribution in [0.5, 0.6) is 0 Å². The third-order valence-electron chi connectivity index (χ3n) is 3.09. The van der Waals surface area contributed by atoms with Crippen molar-refractivity contribution in [2.45, 2.75) is 38.8 Å². The van der Waals surface area contributed by atoms with E-state index in [1.165, 1.54) is 7.91 Å². The molecule has 22 heavy (non-hydrogen) atoms. The first-order valence-electron chi connectivity index (χ1n) is 6.52. The molecule has 0 aliphatic heterocycles. The quantitative estimate of drug-likeness (QED) is 0.588. The smallest absolute Gasteiger partial charge is 0.267 e. The number of hydrogen-bond acceptors (Lipinski definition) is 4. The normalized spacial score (nSPS) is 11.5. The zero-order chi connectivity index (χ0) is 16.4. The van der Waals surface area contributed by atoms with Gasteiger partial charge in [0, 0.05) is 0 Å². The number of aromatic nitrogens is 2. The van der Waals surface area contributed by atoms with E-state index < -0.39 is 17.3 Å². The summed E-state index contributed by atoms with van der Waals surface area (Å²) in [5.74, 6) is 0. The van der Waals surface area contributed by atoms with E-state index in [0.717, 1.165) is 42.3 Å². The van der Waals surface area contributed by atoms with Crippen molar-refractivity contribution < 1.29 is 0 Å². The Balaban J connectivity index is 2.51. The van der Waals surface area contributed by atoms with E-state index in [4.69, 9.17) is 46.4 Å². The number of hydrogen-bond donors (Lipinski definition) is 0. The van der Waals surface area contributed by atoms with Crippen molar-refractivity contribution in [2.75, 3.05) is 0 Å². The lowest BCUT2D eigenvalue weighted by Gasteiger charge is -2.17. The van der Waals surface area contributed by atoms with E-state index in [9.17, 15) is 9.59 Å². The molecule has 0 bridgehead atoms. The van der Waals surface area contributed by atoms with Gasteiger partial charge in [0.15, 0.2) is 0 Å². The highest BCUT2D eigenvalue weighted by Gasteiger charge is 2.24. The second-order valence-electron chi connectivity index (χ2n) is 4.60. The van der Waals surface area contributed by atoms with Crippen molar-refractivity contribution in [2.24, 2.45) is 0 Å². The number of nitrogens with zero attached hydrogens (tertiary/aromatic N) is 2. The molecule has 10 heteroatoms. The molecule has 0 radical (unpaired) electrons. The van der Waals surface area contributed by atoms with Crippen LogP contribution in [0.15, 0.2) is 9.59 Å². The van der Waals surface area contributed by atoms with Crippen molar-refractivity contribution in [1.29, 1.82) is 0 Å². The fourth-order valence-electron chi connectivity index (χ4n) is 2.00. The van der Waals surface area contributed by atoms with E-state index in [1.807, 2.05) is 0 Å². The average Bonchev–Trinajstić information content (AvgIpc) is 2.89.